The molecule has 0 radical (unpaired) electrons. The molecular weight excluding hydrogens is 443 g/mol. The van der Waals surface area contributed by atoms with Crippen LogP contribution in [0.5, 0.6) is 11.9 Å². The highest BCUT2D eigenvalue weighted by Crippen LogP contribution is 2.31. The first-order valence-corrected chi connectivity index (χ1v) is 9.67. The predicted octanol–water partition coefficient (Wildman–Crippen LogP) is 2.51. The average molecular weight is 458 g/mol. The van der Waals surface area contributed by atoms with Gasteiger partial charge in [0.05, 0.1) is 24.3 Å². The number of fused-ring (bicyclic) bond motifs is 2. The number of aromatic nitrogens is 3. The summed E-state index contributed by atoms with van der Waals surface area (Å²) < 4.78 is 62.8. The summed E-state index contributed by atoms with van der Waals surface area (Å²) in [7, 11) is 0. The van der Waals surface area contributed by atoms with Gasteiger partial charge in [-0.2, -0.15) is 9.97 Å². The first-order chi connectivity index (χ1) is 14.9. The molecule has 8 nitrogen and oxygen atoms in total. The van der Waals surface area contributed by atoms with Crippen molar-refractivity contribution >= 4 is 22.8 Å². The molecule has 2 fully saturated rings. The van der Waals surface area contributed by atoms with Crippen LogP contribution >= 0.6 is 11.6 Å². The minimum atomic E-state index is -1.08. The van der Waals surface area contributed by atoms with Crippen LogP contribution in [-0.4, -0.2) is 57.7 Å². The zero-order valence-corrected chi connectivity index (χ0v) is 16.4. The summed E-state index contributed by atoms with van der Waals surface area (Å²) in [6.07, 6.45) is -2.04. The number of aliphatic hydroxyl groups excluding tert-OH is 1. The molecule has 1 aromatic carbocycles. The van der Waals surface area contributed by atoms with Crippen molar-refractivity contribution in [2.45, 2.75) is 31.0 Å². The Hall–Kier alpha value is -2.60. The molecule has 1 unspecified atom stereocenters. The van der Waals surface area contributed by atoms with Crippen LogP contribution in [-0.2, 0) is 16.1 Å². The standard InChI is InChI=1S/C19H15ClF3N3O5/c20-9-3-12-17(25-18(9)30-4-8-10(22)1-7(21)2-11(8)23)26-19(24-12)31-14-6-29-15-13(27)5-28-16(14)15/h1-3,13-16,27H,4-6H2,(H,24,25,26)/t13-,14-,15?,16-/m1/s1. The van der Waals surface area contributed by atoms with Crippen molar-refractivity contribution in [1.29, 1.82) is 0 Å². The first kappa shape index (κ1) is 20.3. The molecule has 2 saturated heterocycles. The molecule has 4 atom stereocenters. The van der Waals surface area contributed by atoms with Crippen LogP contribution in [0.25, 0.3) is 11.2 Å². The van der Waals surface area contributed by atoms with Gasteiger partial charge in [-0.15, -0.1) is 0 Å². The van der Waals surface area contributed by atoms with E-state index in [1.54, 1.807) is 0 Å². The zero-order chi connectivity index (χ0) is 21.7. The van der Waals surface area contributed by atoms with Gasteiger partial charge in [-0.05, 0) is 6.07 Å². The number of pyridine rings is 1. The Labute approximate surface area is 177 Å². The third-order valence-electron chi connectivity index (χ3n) is 5.08. The van der Waals surface area contributed by atoms with E-state index in [0.717, 1.165) is 0 Å². The number of H-pyrrole nitrogens is 1. The van der Waals surface area contributed by atoms with Crippen LogP contribution in [0.1, 0.15) is 5.56 Å². The van der Waals surface area contributed by atoms with Gasteiger partial charge in [0.15, 0.2) is 11.8 Å². The molecule has 5 rings (SSSR count). The zero-order valence-electron chi connectivity index (χ0n) is 15.6. The van der Waals surface area contributed by atoms with E-state index < -0.39 is 54.0 Å². The lowest BCUT2D eigenvalue weighted by Gasteiger charge is -2.15. The molecule has 2 aliphatic rings. The number of rotatable bonds is 5. The van der Waals surface area contributed by atoms with Gasteiger partial charge in [-0.3, -0.25) is 0 Å². The maximum absolute atomic E-state index is 13.8. The van der Waals surface area contributed by atoms with Crippen molar-refractivity contribution < 1.29 is 37.2 Å². The number of nitrogens with zero attached hydrogens (tertiary/aromatic N) is 2. The minimum absolute atomic E-state index is 0.0668. The summed E-state index contributed by atoms with van der Waals surface area (Å²) in [6.45, 7) is -0.157. The van der Waals surface area contributed by atoms with Gasteiger partial charge in [-0.25, -0.2) is 13.2 Å². The molecule has 0 bridgehead atoms. The lowest BCUT2D eigenvalue weighted by molar-refractivity contribution is 0.00706. The molecule has 31 heavy (non-hydrogen) atoms. The van der Waals surface area contributed by atoms with Crippen LogP contribution in [0.15, 0.2) is 18.2 Å². The van der Waals surface area contributed by atoms with E-state index in [1.165, 1.54) is 6.07 Å². The molecule has 0 aliphatic carbocycles. The highest BCUT2D eigenvalue weighted by molar-refractivity contribution is 6.32. The van der Waals surface area contributed by atoms with Gasteiger partial charge in [0.2, 0.25) is 5.88 Å². The van der Waals surface area contributed by atoms with E-state index in [1.807, 2.05) is 0 Å². The maximum Gasteiger partial charge on any atom is 0.296 e. The van der Waals surface area contributed by atoms with Crippen LogP contribution in [0.2, 0.25) is 5.02 Å². The number of benzene rings is 1. The largest absolute Gasteiger partial charge is 0.471 e. The van der Waals surface area contributed by atoms with Crippen LogP contribution < -0.4 is 9.47 Å². The van der Waals surface area contributed by atoms with E-state index in [0.29, 0.717) is 17.6 Å². The quantitative estimate of drug-likeness (QED) is 0.607. The topological polar surface area (TPSA) is 98.7 Å². The monoisotopic (exact) mass is 457 g/mol. The number of ether oxygens (including phenoxy) is 4. The number of imidazole rings is 1. The maximum atomic E-state index is 13.8. The molecule has 12 heteroatoms. The molecule has 4 heterocycles. The Morgan fingerprint density at radius 2 is 1.84 bits per heavy atom. The first-order valence-electron chi connectivity index (χ1n) is 9.29. The van der Waals surface area contributed by atoms with Crippen molar-refractivity contribution in [1.82, 2.24) is 15.0 Å². The van der Waals surface area contributed by atoms with Crippen LogP contribution in [0.4, 0.5) is 13.2 Å². The van der Waals surface area contributed by atoms with Gasteiger partial charge < -0.3 is 29.0 Å². The van der Waals surface area contributed by atoms with Crippen LogP contribution in [0.3, 0.4) is 0 Å². The molecular formula is C19H15ClF3N3O5. The highest BCUT2D eigenvalue weighted by Gasteiger charge is 2.48. The molecule has 164 valence electrons. The molecule has 2 aromatic heterocycles. The fraction of sp³-hybridized carbons (Fsp3) is 0.368. The summed E-state index contributed by atoms with van der Waals surface area (Å²) in [5, 5.41) is 9.87. The number of halogens is 4. The number of aliphatic hydroxyl groups is 1. The second-order valence-electron chi connectivity index (χ2n) is 7.14. The summed E-state index contributed by atoms with van der Waals surface area (Å²) in [5.74, 6) is -3.30. The van der Waals surface area contributed by atoms with Gasteiger partial charge in [0.1, 0.15) is 47.4 Å². The number of nitrogens with one attached hydrogen (secondary N) is 1. The Balaban J connectivity index is 1.33. The van der Waals surface area contributed by atoms with E-state index in [-0.39, 0.29) is 35.8 Å². The molecule has 0 saturated carbocycles. The molecule has 3 aromatic rings. The highest BCUT2D eigenvalue weighted by atomic mass is 35.5. The predicted molar refractivity (Wildman–Crippen MR) is 99.4 cm³/mol. The van der Waals surface area contributed by atoms with Crippen molar-refractivity contribution in [3.63, 3.8) is 0 Å². The molecule has 2 N–H and O–H groups in total. The Kier molecular flexibility index (Phi) is 5.13. The van der Waals surface area contributed by atoms with E-state index in [9.17, 15) is 18.3 Å². The second kappa shape index (κ2) is 7.83. The lowest BCUT2D eigenvalue weighted by Crippen LogP contribution is -2.34. The Morgan fingerprint density at radius 1 is 1.10 bits per heavy atom. The smallest absolute Gasteiger partial charge is 0.296 e. The van der Waals surface area contributed by atoms with E-state index in [4.69, 9.17) is 30.5 Å². The van der Waals surface area contributed by atoms with Crippen molar-refractivity contribution in [2.75, 3.05) is 13.2 Å². The number of hydrogen-bond acceptors (Lipinski definition) is 7. The summed E-state index contributed by atoms with van der Waals surface area (Å²) in [5.41, 5.74) is 0.173. The third-order valence-corrected chi connectivity index (χ3v) is 5.35. The fourth-order valence-corrected chi connectivity index (χ4v) is 3.78. The molecule has 0 amide bonds. The molecule has 0 spiro atoms. The average Bonchev–Trinajstić information content (AvgIpc) is 3.38. The Bertz CT molecular complexity index is 1120. The normalized spacial score (nSPS) is 25.2. The SMILES string of the molecule is O[C@@H]1CO[C@H]2C1OC[C@H]2Oc1nc2nc(OCc3c(F)cc(F)cc3F)c(Cl)cc2[nH]1. The van der Waals surface area contributed by atoms with E-state index in [2.05, 4.69) is 15.0 Å². The van der Waals surface area contributed by atoms with Crippen molar-refractivity contribution in [3.05, 3.63) is 46.2 Å². The number of aromatic amines is 1. The molecule has 2 aliphatic heterocycles. The lowest BCUT2D eigenvalue weighted by atomic mass is 10.1. The second-order valence-corrected chi connectivity index (χ2v) is 7.55. The van der Waals surface area contributed by atoms with Crippen molar-refractivity contribution in [3.8, 4) is 11.9 Å². The van der Waals surface area contributed by atoms with Gasteiger partial charge in [-0.1, -0.05) is 11.6 Å². The van der Waals surface area contributed by atoms with Crippen molar-refractivity contribution in [2.24, 2.45) is 0 Å². The summed E-state index contributed by atoms with van der Waals surface area (Å²) in [4.78, 5) is 11.3. The Morgan fingerprint density at radius 3 is 2.61 bits per heavy atom. The van der Waals surface area contributed by atoms with Gasteiger partial charge >= 0.3 is 0 Å². The minimum Gasteiger partial charge on any atom is -0.471 e. The third kappa shape index (κ3) is 3.78. The summed E-state index contributed by atoms with van der Waals surface area (Å²) in [6, 6.07) is 2.72. The fourth-order valence-electron chi connectivity index (χ4n) is 3.58. The van der Waals surface area contributed by atoms with Crippen LogP contribution in [0, 0.1) is 17.5 Å². The van der Waals surface area contributed by atoms with Gasteiger partial charge in [0, 0.05) is 12.1 Å². The van der Waals surface area contributed by atoms with E-state index >= 15 is 0 Å². The van der Waals surface area contributed by atoms with Gasteiger partial charge in [0.25, 0.3) is 6.01 Å². The number of hydrogen-bond donors (Lipinski definition) is 2. The summed E-state index contributed by atoms with van der Waals surface area (Å²) >= 11 is 6.15.